The highest BCUT2D eigenvalue weighted by molar-refractivity contribution is 5.86. The van der Waals surface area contributed by atoms with Gasteiger partial charge >= 0.3 is 0 Å². The van der Waals surface area contributed by atoms with Crippen molar-refractivity contribution in [3.63, 3.8) is 0 Å². The fourth-order valence-electron chi connectivity index (χ4n) is 3.88. The van der Waals surface area contributed by atoms with Crippen molar-refractivity contribution in [2.24, 2.45) is 0 Å². The number of rotatable bonds is 2. The van der Waals surface area contributed by atoms with Crippen molar-refractivity contribution in [1.29, 1.82) is 0 Å². The predicted molar refractivity (Wildman–Crippen MR) is 77.6 cm³/mol. The van der Waals surface area contributed by atoms with Gasteiger partial charge in [0.2, 0.25) is 0 Å². The monoisotopic (exact) mass is 255 g/mol. The zero-order valence-corrected chi connectivity index (χ0v) is 11.3. The number of benzene rings is 1. The van der Waals surface area contributed by atoms with E-state index in [9.17, 15) is 5.11 Å². The molecule has 1 fully saturated rings. The summed E-state index contributed by atoms with van der Waals surface area (Å²) in [6, 6.07) is 6.80. The molecule has 100 valence electrons. The molecular formula is C17H21NO. The lowest BCUT2D eigenvalue weighted by Crippen LogP contribution is -2.37. The molecule has 0 bridgehead atoms. The Morgan fingerprint density at radius 3 is 2.68 bits per heavy atom. The normalized spacial score (nSPS) is 21.1. The number of hydrogen-bond acceptors (Lipinski definition) is 1. The number of aromatic amines is 1. The van der Waals surface area contributed by atoms with Crippen LogP contribution in [0, 0.1) is 0 Å². The molecule has 0 spiro atoms. The van der Waals surface area contributed by atoms with E-state index in [0.29, 0.717) is 6.61 Å². The van der Waals surface area contributed by atoms with Gasteiger partial charge in [0.05, 0.1) is 6.61 Å². The molecule has 1 aromatic heterocycles. The summed E-state index contributed by atoms with van der Waals surface area (Å²) in [5, 5.41) is 11.2. The Hall–Kier alpha value is -1.28. The molecule has 1 aromatic carbocycles. The Balaban J connectivity index is 1.86. The maximum absolute atomic E-state index is 9.74. The van der Waals surface area contributed by atoms with E-state index in [0.717, 1.165) is 12.8 Å². The molecule has 0 saturated heterocycles. The fraction of sp³-hybridized carbons (Fsp3) is 0.529. The third-order valence-corrected chi connectivity index (χ3v) is 5.32. The van der Waals surface area contributed by atoms with Crippen LogP contribution in [0.3, 0.4) is 0 Å². The molecule has 2 aromatic rings. The van der Waals surface area contributed by atoms with Crippen LogP contribution in [0.2, 0.25) is 0 Å². The average molecular weight is 255 g/mol. The van der Waals surface area contributed by atoms with Crippen molar-refractivity contribution in [2.75, 3.05) is 6.61 Å². The van der Waals surface area contributed by atoms with Crippen LogP contribution in [-0.2, 0) is 18.3 Å². The summed E-state index contributed by atoms with van der Waals surface area (Å²) < 4.78 is 0. The van der Waals surface area contributed by atoms with Crippen LogP contribution in [-0.4, -0.2) is 16.7 Å². The second-order valence-electron chi connectivity index (χ2n) is 6.34. The van der Waals surface area contributed by atoms with Gasteiger partial charge in [-0.05, 0) is 61.8 Å². The molecule has 1 saturated carbocycles. The Kier molecular flexibility index (Phi) is 2.49. The van der Waals surface area contributed by atoms with E-state index >= 15 is 0 Å². The molecule has 2 aliphatic carbocycles. The van der Waals surface area contributed by atoms with Gasteiger partial charge in [-0.2, -0.15) is 0 Å². The highest BCUT2D eigenvalue weighted by Gasteiger charge is 2.38. The zero-order chi connectivity index (χ0) is 12.9. The van der Waals surface area contributed by atoms with Crippen molar-refractivity contribution in [2.45, 2.75) is 50.4 Å². The summed E-state index contributed by atoms with van der Waals surface area (Å²) in [6.07, 6.45) is 8.57. The molecule has 2 heteroatoms. The second kappa shape index (κ2) is 4.11. The summed E-state index contributed by atoms with van der Waals surface area (Å²) in [4.78, 5) is 3.59. The van der Waals surface area contributed by atoms with E-state index in [4.69, 9.17) is 0 Å². The lowest BCUT2D eigenvalue weighted by molar-refractivity contribution is 0.120. The largest absolute Gasteiger partial charge is 0.395 e. The van der Waals surface area contributed by atoms with E-state index in [2.05, 4.69) is 23.2 Å². The third kappa shape index (κ3) is 1.59. The molecule has 2 nitrogen and oxygen atoms in total. The maximum atomic E-state index is 9.74. The Morgan fingerprint density at radius 2 is 1.95 bits per heavy atom. The van der Waals surface area contributed by atoms with Gasteiger partial charge in [0, 0.05) is 22.0 Å². The minimum atomic E-state index is 0.0625. The lowest BCUT2D eigenvalue weighted by atomic mass is 9.65. The number of fused-ring (bicyclic) bond motifs is 3. The van der Waals surface area contributed by atoms with Crippen LogP contribution in [0.5, 0.6) is 0 Å². The molecular weight excluding hydrogens is 234 g/mol. The van der Waals surface area contributed by atoms with Gasteiger partial charge < -0.3 is 10.1 Å². The van der Waals surface area contributed by atoms with Crippen LogP contribution < -0.4 is 0 Å². The number of hydrogen-bond donors (Lipinski definition) is 2. The van der Waals surface area contributed by atoms with Crippen LogP contribution in [0.25, 0.3) is 10.9 Å². The summed E-state index contributed by atoms with van der Waals surface area (Å²) in [5.74, 6) is 0. The standard InChI is InChI=1S/C17H21NO/c19-11-17(8-3-9-17)12-6-7-16-14(10-12)13-4-1-2-5-15(13)18-16/h6-7,10,18-19H,1-5,8-9,11H2. The molecule has 0 amide bonds. The second-order valence-corrected chi connectivity index (χ2v) is 6.34. The van der Waals surface area contributed by atoms with Gasteiger partial charge in [-0.1, -0.05) is 12.5 Å². The molecule has 0 aliphatic heterocycles. The van der Waals surface area contributed by atoms with Crippen LogP contribution in [0.4, 0.5) is 0 Å². The van der Waals surface area contributed by atoms with Gasteiger partial charge in [-0.3, -0.25) is 0 Å². The first-order valence-electron chi connectivity index (χ1n) is 7.57. The first-order chi connectivity index (χ1) is 9.32. The molecule has 0 atom stereocenters. The number of aliphatic hydroxyl groups is 1. The summed E-state index contributed by atoms with van der Waals surface area (Å²) in [7, 11) is 0. The van der Waals surface area contributed by atoms with Crippen molar-refractivity contribution in [3.8, 4) is 0 Å². The molecule has 19 heavy (non-hydrogen) atoms. The average Bonchev–Trinajstić information content (AvgIpc) is 2.76. The van der Waals surface area contributed by atoms with Gasteiger partial charge in [-0.25, -0.2) is 0 Å². The number of nitrogens with one attached hydrogen (secondary N) is 1. The lowest BCUT2D eigenvalue weighted by Gasteiger charge is -2.41. The quantitative estimate of drug-likeness (QED) is 0.847. The van der Waals surface area contributed by atoms with Gasteiger partial charge in [0.1, 0.15) is 0 Å². The van der Waals surface area contributed by atoms with Crippen LogP contribution >= 0.6 is 0 Å². The molecule has 0 radical (unpaired) electrons. The van der Waals surface area contributed by atoms with Gasteiger partial charge in [0.25, 0.3) is 0 Å². The van der Waals surface area contributed by atoms with Crippen LogP contribution in [0.1, 0.15) is 48.9 Å². The predicted octanol–water partition coefficient (Wildman–Crippen LogP) is 3.46. The Morgan fingerprint density at radius 1 is 1.11 bits per heavy atom. The first kappa shape index (κ1) is 11.5. The van der Waals surface area contributed by atoms with E-state index in [1.54, 1.807) is 0 Å². The maximum Gasteiger partial charge on any atom is 0.0527 e. The third-order valence-electron chi connectivity index (χ3n) is 5.32. The van der Waals surface area contributed by atoms with E-state index in [1.807, 2.05) is 0 Å². The zero-order valence-electron chi connectivity index (χ0n) is 11.3. The Bertz CT molecular complexity index is 616. The smallest absolute Gasteiger partial charge is 0.0527 e. The van der Waals surface area contributed by atoms with Crippen molar-refractivity contribution in [1.82, 2.24) is 4.98 Å². The molecule has 2 N–H and O–H groups in total. The van der Waals surface area contributed by atoms with Crippen LogP contribution in [0.15, 0.2) is 18.2 Å². The van der Waals surface area contributed by atoms with Gasteiger partial charge in [-0.15, -0.1) is 0 Å². The fourth-order valence-corrected chi connectivity index (χ4v) is 3.88. The van der Waals surface area contributed by atoms with E-state index < -0.39 is 0 Å². The van der Waals surface area contributed by atoms with Gasteiger partial charge in [0.15, 0.2) is 0 Å². The van der Waals surface area contributed by atoms with E-state index in [1.165, 1.54) is 59.8 Å². The van der Waals surface area contributed by atoms with Crippen molar-refractivity contribution >= 4 is 10.9 Å². The molecule has 0 unspecified atom stereocenters. The minimum absolute atomic E-state index is 0.0625. The van der Waals surface area contributed by atoms with Crippen molar-refractivity contribution in [3.05, 3.63) is 35.0 Å². The topological polar surface area (TPSA) is 36.0 Å². The summed E-state index contributed by atoms with van der Waals surface area (Å²) in [6.45, 7) is 0.297. The Labute approximate surface area is 113 Å². The molecule has 2 aliphatic rings. The SMILES string of the molecule is OCC1(c2ccc3[nH]c4c(c3c2)CCCC4)CCC1. The first-order valence-corrected chi connectivity index (χ1v) is 7.57. The molecule has 1 heterocycles. The summed E-state index contributed by atoms with van der Waals surface area (Å²) in [5.41, 5.74) is 5.68. The number of H-pyrrole nitrogens is 1. The highest BCUT2D eigenvalue weighted by Crippen LogP contribution is 2.44. The molecule has 4 rings (SSSR count). The number of aromatic nitrogens is 1. The number of aliphatic hydroxyl groups excluding tert-OH is 1. The minimum Gasteiger partial charge on any atom is -0.395 e. The highest BCUT2D eigenvalue weighted by atomic mass is 16.3. The summed E-state index contributed by atoms with van der Waals surface area (Å²) >= 11 is 0. The van der Waals surface area contributed by atoms with Crippen molar-refractivity contribution < 1.29 is 5.11 Å². The van der Waals surface area contributed by atoms with E-state index in [-0.39, 0.29) is 5.41 Å². The number of aryl methyl sites for hydroxylation is 2.